The Morgan fingerprint density at radius 3 is 1.06 bits per heavy atom. The van der Waals surface area contributed by atoms with E-state index in [1.54, 1.807) is 4.70 Å². The molecule has 1 aliphatic rings. The van der Waals surface area contributed by atoms with Gasteiger partial charge in [-0.2, -0.15) is 0 Å². The molecule has 2 aromatic rings. The van der Waals surface area contributed by atoms with Crippen molar-refractivity contribution in [1.29, 1.82) is 0 Å². The molecule has 3 heteroatoms. The molecule has 368 valence electrons. The minimum Gasteiger partial charge on any atom is -0.0654 e. The van der Waals surface area contributed by atoms with E-state index in [9.17, 15) is 5.53 Å². The second-order valence-electron chi connectivity index (χ2n) is 19.4. The maximum absolute atomic E-state index is 11.8. The van der Waals surface area contributed by atoms with E-state index in [1.165, 1.54) is 226 Å². The van der Waals surface area contributed by atoms with E-state index in [-0.39, 0.29) is 0 Å². The van der Waals surface area contributed by atoms with Gasteiger partial charge < -0.3 is 5.53 Å². The van der Waals surface area contributed by atoms with Crippen molar-refractivity contribution < 1.29 is 19.1 Å². The van der Waals surface area contributed by atoms with Crippen LogP contribution in [0, 0.1) is 0 Å². The molecule has 0 unspecified atom stereocenters. The molecular formula is C61H104N2Ni. The van der Waals surface area contributed by atoms with Crippen molar-refractivity contribution in [3.8, 4) is 0 Å². The first-order chi connectivity index (χ1) is 31.6. The summed E-state index contributed by atoms with van der Waals surface area (Å²) < 4.78 is 1.55. The van der Waals surface area contributed by atoms with Gasteiger partial charge in [0.05, 0.1) is 0 Å². The summed E-state index contributed by atoms with van der Waals surface area (Å²) in [4.78, 5) is 0. The molecule has 0 bridgehead atoms. The van der Waals surface area contributed by atoms with Crippen molar-refractivity contribution in [2.45, 2.75) is 290 Å². The van der Waals surface area contributed by atoms with Crippen molar-refractivity contribution in [3.05, 3.63) is 87.5 Å². The monoisotopic (exact) mass is 923 g/mol. The number of benzene rings is 2. The predicted octanol–water partition coefficient (Wildman–Crippen LogP) is 21.6. The van der Waals surface area contributed by atoms with E-state index >= 15 is 0 Å². The van der Waals surface area contributed by atoms with Crippen molar-refractivity contribution in [1.82, 2.24) is 0 Å². The van der Waals surface area contributed by atoms with Gasteiger partial charge in [-0.15, -0.1) is 0 Å². The van der Waals surface area contributed by atoms with Crippen LogP contribution in [-0.2, 0) is 27.3 Å². The van der Waals surface area contributed by atoms with Crippen LogP contribution < -0.4 is 0 Å². The van der Waals surface area contributed by atoms with Gasteiger partial charge in [0.1, 0.15) is 0 Å². The van der Waals surface area contributed by atoms with Crippen LogP contribution >= 0.6 is 0 Å². The summed E-state index contributed by atoms with van der Waals surface area (Å²) in [7, 11) is 0. The molecule has 2 nitrogen and oxygen atoms in total. The van der Waals surface area contributed by atoms with E-state index in [4.69, 9.17) is 0 Å². The minimum atomic E-state index is 1.01. The zero-order valence-electron chi connectivity index (χ0n) is 43.4. The third-order valence-corrected chi connectivity index (χ3v) is 14.7. The van der Waals surface area contributed by atoms with Crippen LogP contribution in [0.25, 0.3) is 16.9 Å². The fourth-order valence-corrected chi connectivity index (χ4v) is 10.6. The van der Waals surface area contributed by atoms with Crippen molar-refractivity contribution in [3.63, 3.8) is 0 Å². The van der Waals surface area contributed by atoms with Crippen LogP contribution in [0.1, 0.15) is 289 Å². The first kappa shape index (κ1) is 58.1. The number of nitrogens with zero attached hydrogens (tertiary/aromatic N) is 2. The van der Waals surface area contributed by atoms with E-state index in [1.807, 2.05) is 14.4 Å². The second kappa shape index (κ2) is 41.2. The fourth-order valence-electron chi connectivity index (χ4n) is 9.36. The van der Waals surface area contributed by atoms with E-state index in [2.05, 4.69) is 90.1 Å². The summed E-state index contributed by atoms with van der Waals surface area (Å²) in [6.07, 6.45) is 50.2. The van der Waals surface area contributed by atoms with Crippen LogP contribution in [0.3, 0.4) is 0 Å². The molecule has 0 aliphatic carbocycles. The Bertz CT molecular complexity index is 1460. The zero-order valence-corrected chi connectivity index (χ0v) is 44.4. The van der Waals surface area contributed by atoms with Crippen LogP contribution in [0.4, 0.5) is 0 Å². The van der Waals surface area contributed by atoms with Gasteiger partial charge in [-0.25, -0.2) is 4.70 Å². The van der Waals surface area contributed by atoms with E-state index < -0.39 is 0 Å². The Kier molecular flexibility index (Phi) is 37.4. The molecule has 1 aliphatic heterocycles. The van der Waals surface area contributed by atoms with Gasteiger partial charge in [-0.05, 0) is 80.3 Å². The van der Waals surface area contributed by atoms with E-state index in [0.29, 0.717) is 0 Å². The Morgan fingerprint density at radius 2 is 0.672 bits per heavy atom. The first-order valence-corrected chi connectivity index (χ1v) is 29.5. The van der Waals surface area contributed by atoms with Gasteiger partial charge in [0.25, 0.3) is 0 Å². The van der Waals surface area contributed by atoms with Gasteiger partial charge in [-0.3, -0.25) is 0 Å². The molecular weight excluding hydrogens is 819 g/mol. The van der Waals surface area contributed by atoms with Crippen LogP contribution in [0.5, 0.6) is 0 Å². The smallest absolute Gasteiger partial charge is 0.0654 e. The van der Waals surface area contributed by atoms with Crippen LogP contribution in [0.2, 0.25) is 10.8 Å². The molecule has 2 aromatic carbocycles. The topological polar surface area (TPSA) is 25.3 Å². The number of aryl methyl sites for hydroxylation is 2. The Morgan fingerprint density at radius 1 is 0.344 bits per heavy atom. The number of rotatable bonds is 41. The average Bonchev–Trinajstić information content (AvgIpc) is 3.59. The molecule has 0 fully saturated rings. The average molecular weight is 924 g/mol. The van der Waals surface area contributed by atoms with Gasteiger partial charge in [0.15, 0.2) is 0 Å². The molecule has 0 saturated carbocycles. The van der Waals surface area contributed by atoms with E-state index in [0.717, 1.165) is 67.5 Å². The van der Waals surface area contributed by atoms with Crippen molar-refractivity contribution >= 4 is 11.4 Å². The number of hydrogen-bond donors (Lipinski definition) is 0. The molecule has 64 heavy (non-hydrogen) atoms. The van der Waals surface area contributed by atoms with Crippen LogP contribution in [-0.4, -0.2) is 4.70 Å². The minimum absolute atomic E-state index is 1.01. The fraction of sp³-hybridized carbons (Fsp3) is 0.738. The second-order valence-corrected chi connectivity index (χ2v) is 20.9. The van der Waals surface area contributed by atoms with Gasteiger partial charge >= 0.3 is 166 Å². The van der Waals surface area contributed by atoms with Gasteiger partial charge in [0.2, 0.25) is 11.4 Å². The third-order valence-electron chi connectivity index (χ3n) is 13.3. The number of hydrogen-bond acceptors (Lipinski definition) is 0. The normalized spacial score (nSPS) is 12.8. The first-order valence-electron chi connectivity index (χ1n) is 28.1. The van der Waals surface area contributed by atoms with Crippen molar-refractivity contribution in [2.75, 3.05) is 0 Å². The SMILES string of the molecule is CCCCCCC1=C(c2cccc(CCC)c2)[N+](=[N-])C(c2cccc(CCCC)c2)=C1CCCC.CCCCCCCCCCCCC[CH2][Ni][CH2]CCCCCCCCCCCCC. The molecule has 0 N–H and O–H groups in total. The molecule has 0 atom stereocenters. The number of allylic oxidation sites excluding steroid dienone is 2. The third kappa shape index (κ3) is 26.4. The summed E-state index contributed by atoms with van der Waals surface area (Å²) in [5.41, 5.74) is 21.6. The van der Waals surface area contributed by atoms with Gasteiger partial charge in [0, 0.05) is 22.3 Å². The molecule has 0 amide bonds. The van der Waals surface area contributed by atoms with Crippen LogP contribution in [0.15, 0.2) is 59.7 Å². The molecule has 0 radical (unpaired) electrons. The maximum atomic E-state index is 11.8. The molecule has 0 saturated heterocycles. The summed E-state index contributed by atoms with van der Waals surface area (Å²) in [5.74, 6) is 0. The predicted molar refractivity (Wildman–Crippen MR) is 283 cm³/mol. The van der Waals surface area contributed by atoms with Crippen molar-refractivity contribution in [2.24, 2.45) is 0 Å². The Labute approximate surface area is 405 Å². The Balaban J connectivity index is 0.000000450. The molecule has 0 spiro atoms. The standard InChI is InChI=1S/C33H46N2.2C14H29.Ni/c1-5-9-12-13-23-31-30(22-11-7-3)32(29-21-15-19-27(25-29)17-10-6-2)35(34)33(31)28-20-14-18-26(24-28)16-8-4;2*1-3-5-7-9-11-13-14-12-10-8-6-4-2;/h14-15,18-21,24-25H,5-13,16-17,22-23H2,1-4H3;2*1,3-14H2,2H3;. The summed E-state index contributed by atoms with van der Waals surface area (Å²) in [6.45, 7) is 13.6. The molecule has 1 heterocycles. The quantitative estimate of drug-likeness (QED) is 0.0361. The van der Waals surface area contributed by atoms with Gasteiger partial charge in [-0.1, -0.05) is 117 Å². The summed E-state index contributed by atoms with van der Waals surface area (Å²) in [6, 6.07) is 17.7. The summed E-state index contributed by atoms with van der Waals surface area (Å²) in [5, 5.41) is 2.87. The number of unbranched alkanes of at least 4 members (excludes halogenated alkanes) is 27. The zero-order chi connectivity index (χ0) is 46.1. The molecule has 3 rings (SSSR count). The molecule has 0 aromatic heterocycles. The summed E-state index contributed by atoms with van der Waals surface area (Å²) >= 11 is 2.04. The Hall–Kier alpha value is -1.99.